The van der Waals surface area contributed by atoms with Gasteiger partial charge in [0.1, 0.15) is 0 Å². The summed E-state index contributed by atoms with van der Waals surface area (Å²) in [5, 5.41) is 2.84. The molecule has 1 atom stereocenters. The summed E-state index contributed by atoms with van der Waals surface area (Å²) < 4.78 is 0. The third-order valence-corrected chi connectivity index (χ3v) is 4.24. The number of Topliss-reactive ketones (excluding diaryl/α,β-unsaturated/α-hetero) is 2. The van der Waals surface area contributed by atoms with Crippen LogP contribution in [0.1, 0.15) is 51.1 Å². The molecule has 2 aromatic rings. The maximum atomic E-state index is 12.6. The molecule has 0 bridgehead atoms. The average molecular weight is 307 g/mol. The first kappa shape index (κ1) is 15.2. The number of amides is 1. The number of ketones is 2. The summed E-state index contributed by atoms with van der Waals surface area (Å²) in [7, 11) is 0. The van der Waals surface area contributed by atoms with Gasteiger partial charge in [-0.05, 0) is 49.2 Å². The Bertz CT molecular complexity index is 806. The van der Waals surface area contributed by atoms with E-state index in [2.05, 4.69) is 5.32 Å². The molecule has 1 aliphatic carbocycles. The molecule has 3 rings (SSSR count). The van der Waals surface area contributed by atoms with Crippen LogP contribution in [0.4, 0.5) is 5.69 Å². The molecule has 1 amide bonds. The predicted octanol–water partition coefficient (Wildman–Crippen LogP) is 3.51. The number of carbonyl (C=O) groups is 3. The van der Waals surface area contributed by atoms with E-state index in [0.29, 0.717) is 16.8 Å². The lowest BCUT2D eigenvalue weighted by molar-refractivity contribution is -0.117. The minimum absolute atomic E-state index is 0.00998. The number of hydrogen-bond acceptors (Lipinski definition) is 3. The minimum atomic E-state index is -0.453. The van der Waals surface area contributed by atoms with Crippen molar-refractivity contribution in [2.75, 3.05) is 5.32 Å². The fourth-order valence-electron chi connectivity index (χ4n) is 3.03. The van der Waals surface area contributed by atoms with Crippen molar-refractivity contribution >= 4 is 23.2 Å². The topological polar surface area (TPSA) is 63.2 Å². The van der Waals surface area contributed by atoms with Crippen LogP contribution in [-0.2, 0) is 4.79 Å². The zero-order valence-corrected chi connectivity index (χ0v) is 13.1. The molecular weight excluding hydrogens is 290 g/mol. The van der Waals surface area contributed by atoms with E-state index in [1.54, 1.807) is 30.3 Å². The highest BCUT2D eigenvalue weighted by molar-refractivity contribution is 6.09. The molecule has 0 aromatic heterocycles. The molecule has 0 heterocycles. The Labute approximate surface area is 134 Å². The Kier molecular flexibility index (Phi) is 3.82. The summed E-state index contributed by atoms with van der Waals surface area (Å²) in [6.07, 6.45) is 0.206. The Balaban J connectivity index is 1.83. The number of fused-ring (bicyclic) bond motifs is 1. The van der Waals surface area contributed by atoms with Crippen LogP contribution in [0.3, 0.4) is 0 Å². The Hall–Kier alpha value is -2.75. The van der Waals surface area contributed by atoms with Crippen LogP contribution in [0.25, 0.3) is 0 Å². The lowest BCUT2D eigenvalue weighted by Crippen LogP contribution is -2.20. The van der Waals surface area contributed by atoms with Gasteiger partial charge >= 0.3 is 0 Å². The normalized spacial score (nSPS) is 16.1. The predicted molar refractivity (Wildman–Crippen MR) is 87.9 cm³/mol. The number of anilines is 1. The lowest BCUT2D eigenvalue weighted by atomic mass is 9.95. The first-order valence-corrected chi connectivity index (χ1v) is 7.52. The van der Waals surface area contributed by atoms with Crippen molar-refractivity contribution in [3.8, 4) is 0 Å². The highest BCUT2D eigenvalue weighted by atomic mass is 16.2. The number of carbonyl (C=O) groups excluding carboxylic acids is 3. The first-order chi connectivity index (χ1) is 11.0. The van der Waals surface area contributed by atoms with Crippen LogP contribution in [0.15, 0.2) is 42.5 Å². The van der Waals surface area contributed by atoms with Gasteiger partial charge < -0.3 is 5.32 Å². The maximum Gasteiger partial charge on any atom is 0.232 e. The molecule has 0 radical (unpaired) electrons. The molecule has 0 saturated heterocycles. The number of rotatable bonds is 3. The van der Waals surface area contributed by atoms with E-state index in [4.69, 9.17) is 0 Å². The molecule has 1 unspecified atom stereocenters. The van der Waals surface area contributed by atoms with Gasteiger partial charge in [0.15, 0.2) is 11.6 Å². The molecule has 116 valence electrons. The molecule has 4 nitrogen and oxygen atoms in total. The van der Waals surface area contributed by atoms with E-state index in [-0.39, 0.29) is 23.9 Å². The van der Waals surface area contributed by atoms with Crippen molar-refractivity contribution in [2.24, 2.45) is 0 Å². The average Bonchev–Trinajstić information content (AvgIpc) is 2.87. The number of nitrogens with one attached hydrogen (secondary N) is 1. The van der Waals surface area contributed by atoms with Gasteiger partial charge in [0.2, 0.25) is 5.91 Å². The summed E-state index contributed by atoms with van der Waals surface area (Å²) in [5.41, 5.74) is 3.66. The van der Waals surface area contributed by atoms with E-state index >= 15 is 0 Å². The fraction of sp³-hybridized carbons (Fsp3) is 0.211. The van der Waals surface area contributed by atoms with Crippen LogP contribution in [0.5, 0.6) is 0 Å². The second kappa shape index (κ2) is 5.80. The van der Waals surface area contributed by atoms with Crippen molar-refractivity contribution in [3.63, 3.8) is 0 Å². The number of hydrogen-bond donors (Lipinski definition) is 1. The standard InChI is InChI=1S/C19H17NO3/c1-11-4-3-5-15-17(22)10-16(18(11)15)19(23)20-14-8-6-13(7-9-14)12(2)21/h3-9,16H,10H2,1-2H3,(H,20,23). The van der Waals surface area contributed by atoms with E-state index in [9.17, 15) is 14.4 Å². The maximum absolute atomic E-state index is 12.6. The van der Waals surface area contributed by atoms with Crippen LogP contribution < -0.4 is 5.32 Å². The largest absolute Gasteiger partial charge is 0.326 e. The molecule has 0 aliphatic heterocycles. The fourth-order valence-corrected chi connectivity index (χ4v) is 3.03. The molecule has 1 aliphatic rings. The van der Waals surface area contributed by atoms with E-state index in [0.717, 1.165) is 11.1 Å². The zero-order chi connectivity index (χ0) is 16.6. The Morgan fingerprint density at radius 3 is 2.43 bits per heavy atom. The van der Waals surface area contributed by atoms with Crippen LogP contribution in [0, 0.1) is 6.92 Å². The van der Waals surface area contributed by atoms with Gasteiger partial charge in [-0.3, -0.25) is 14.4 Å². The second-order valence-corrected chi connectivity index (χ2v) is 5.84. The molecule has 0 spiro atoms. The summed E-state index contributed by atoms with van der Waals surface area (Å²) in [4.78, 5) is 35.9. The minimum Gasteiger partial charge on any atom is -0.326 e. The lowest BCUT2D eigenvalue weighted by Gasteiger charge is -2.14. The van der Waals surface area contributed by atoms with E-state index in [1.165, 1.54) is 6.92 Å². The van der Waals surface area contributed by atoms with Gasteiger partial charge in [0.05, 0.1) is 5.92 Å². The van der Waals surface area contributed by atoms with Crippen LogP contribution >= 0.6 is 0 Å². The SMILES string of the molecule is CC(=O)c1ccc(NC(=O)C2CC(=O)c3cccc(C)c32)cc1. The smallest absolute Gasteiger partial charge is 0.232 e. The molecule has 4 heteroatoms. The van der Waals surface area contributed by atoms with Crippen molar-refractivity contribution in [1.29, 1.82) is 0 Å². The summed E-state index contributed by atoms with van der Waals surface area (Å²) >= 11 is 0. The van der Waals surface area contributed by atoms with Crippen molar-refractivity contribution in [2.45, 2.75) is 26.2 Å². The van der Waals surface area contributed by atoms with Crippen LogP contribution in [-0.4, -0.2) is 17.5 Å². The van der Waals surface area contributed by atoms with Gasteiger partial charge in [-0.2, -0.15) is 0 Å². The third kappa shape index (κ3) is 2.80. The highest BCUT2D eigenvalue weighted by Crippen LogP contribution is 2.36. The third-order valence-electron chi connectivity index (χ3n) is 4.24. The van der Waals surface area contributed by atoms with Crippen LogP contribution in [0.2, 0.25) is 0 Å². The van der Waals surface area contributed by atoms with E-state index < -0.39 is 5.92 Å². The Morgan fingerprint density at radius 1 is 1.09 bits per heavy atom. The summed E-state index contributed by atoms with van der Waals surface area (Å²) in [5.74, 6) is -0.655. The van der Waals surface area contributed by atoms with Crippen molar-refractivity contribution in [3.05, 3.63) is 64.7 Å². The molecule has 2 aromatic carbocycles. The second-order valence-electron chi connectivity index (χ2n) is 5.84. The summed E-state index contributed by atoms with van der Waals surface area (Å²) in [6.45, 7) is 3.41. The van der Waals surface area contributed by atoms with Gasteiger partial charge in [0.25, 0.3) is 0 Å². The van der Waals surface area contributed by atoms with Gasteiger partial charge in [-0.1, -0.05) is 18.2 Å². The molecule has 1 N–H and O–H groups in total. The number of aryl methyl sites for hydroxylation is 1. The van der Waals surface area contributed by atoms with Gasteiger partial charge in [-0.15, -0.1) is 0 Å². The summed E-state index contributed by atoms with van der Waals surface area (Å²) in [6, 6.07) is 12.3. The van der Waals surface area contributed by atoms with Gasteiger partial charge in [-0.25, -0.2) is 0 Å². The molecule has 0 saturated carbocycles. The molecular formula is C19H17NO3. The Morgan fingerprint density at radius 2 is 1.78 bits per heavy atom. The van der Waals surface area contributed by atoms with Gasteiger partial charge in [0, 0.05) is 23.2 Å². The van der Waals surface area contributed by atoms with E-state index in [1.807, 2.05) is 19.1 Å². The zero-order valence-electron chi connectivity index (χ0n) is 13.1. The highest BCUT2D eigenvalue weighted by Gasteiger charge is 2.35. The quantitative estimate of drug-likeness (QED) is 0.883. The monoisotopic (exact) mass is 307 g/mol. The van der Waals surface area contributed by atoms with Crippen molar-refractivity contribution in [1.82, 2.24) is 0 Å². The number of benzene rings is 2. The molecule has 23 heavy (non-hydrogen) atoms. The van der Waals surface area contributed by atoms with Crippen molar-refractivity contribution < 1.29 is 14.4 Å². The molecule has 0 fully saturated rings. The first-order valence-electron chi connectivity index (χ1n) is 7.52.